The molecule has 0 unspecified atom stereocenters. The van der Waals surface area contributed by atoms with Gasteiger partial charge in [0.05, 0.1) is 24.6 Å². The number of carbonyl (C=O) groups is 3. The van der Waals surface area contributed by atoms with E-state index in [0.717, 1.165) is 23.4 Å². The smallest absolute Gasteiger partial charge is 0.273 e. The Bertz CT molecular complexity index is 1310. The van der Waals surface area contributed by atoms with Gasteiger partial charge in [-0.15, -0.1) is 11.3 Å². The second-order valence-electron chi connectivity index (χ2n) is 9.37. The summed E-state index contributed by atoms with van der Waals surface area (Å²) in [6.45, 7) is 1.87. The fraction of sp³-hybridized carbons (Fsp3) is 0.379. The summed E-state index contributed by atoms with van der Waals surface area (Å²) < 4.78 is 5.12. The Labute approximate surface area is 232 Å². The lowest BCUT2D eigenvalue weighted by atomic mass is 9.97. The molecule has 10 heteroatoms. The zero-order valence-corrected chi connectivity index (χ0v) is 22.7. The molecule has 202 valence electrons. The standard InChI is InChI=1S/C29H31N5O4S/c1-38-24-7-5-22(6-8-24)26(35)9-10-27(36)33-16-11-23(12-17-33)28-32-25(20-39-28)29(37)34(15-3-13-30)19-21-4-2-14-31-18-21/h2,4-8,14,18,20,23H,3,9-12,15-17,19H2,1H3. The first kappa shape index (κ1) is 27.9. The van der Waals surface area contributed by atoms with E-state index in [1.807, 2.05) is 17.0 Å². The molecule has 1 aromatic carbocycles. The molecule has 0 N–H and O–H groups in total. The summed E-state index contributed by atoms with van der Waals surface area (Å²) in [7, 11) is 1.57. The molecule has 3 heterocycles. The van der Waals surface area contributed by atoms with Gasteiger partial charge >= 0.3 is 0 Å². The van der Waals surface area contributed by atoms with Crippen molar-refractivity contribution in [3.8, 4) is 11.8 Å². The first-order valence-corrected chi connectivity index (χ1v) is 13.8. The van der Waals surface area contributed by atoms with Crippen molar-refractivity contribution in [3.63, 3.8) is 0 Å². The van der Waals surface area contributed by atoms with Crippen LogP contribution < -0.4 is 4.74 Å². The van der Waals surface area contributed by atoms with E-state index in [0.29, 0.717) is 43.2 Å². The molecule has 0 bridgehead atoms. The van der Waals surface area contributed by atoms with Crippen molar-refractivity contribution in [2.75, 3.05) is 26.7 Å². The third kappa shape index (κ3) is 7.48. The fourth-order valence-corrected chi connectivity index (χ4v) is 5.53. The number of methoxy groups -OCH3 is 1. The first-order valence-electron chi connectivity index (χ1n) is 12.9. The number of benzene rings is 1. The van der Waals surface area contributed by atoms with Crippen LogP contribution in [-0.2, 0) is 11.3 Å². The lowest BCUT2D eigenvalue weighted by molar-refractivity contribution is -0.132. The number of amides is 2. The van der Waals surface area contributed by atoms with Crippen LogP contribution in [0.3, 0.4) is 0 Å². The minimum absolute atomic E-state index is 0.0196. The molecule has 3 aromatic rings. The van der Waals surface area contributed by atoms with E-state index in [1.54, 1.807) is 54.0 Å². The van der Waals surface area contributed by atoms with Crippen molar-refractivity contribution in [1.82, 2.24) is 19.8 Å². The summed E-state index contributed by atoms with van der Waals surface area (Å²) in [6.07, 6.45) is 5.49. The predicted molar refractivity (Wildman–Crippen MR) is 146 cm³/mol. The van der Waals surface area contributed by atoms with Gasteiger partial charge in [-0.25, -0.2) is 4.98 Å². The molecule has 2 aromatic heterocycles. The fourth-order valence-electron chi connectivity index (χ4n) is 4.56. The van der Waals surface area contributed by atoms with Gasteiger partial charge in [0.2, 0.25) is 5.91 Å². The number of likely N-dealkylation sites (tertiary alicyclic amines) is 1. The number of thiazole rings is 1. The molecule has 0 spiro atoms. The summed E-state index contributed by atoms with van der Waals surface area (Å²) in [5.41, 5.74) is 1.84. The Morgan fingerprint density at radius 1 is 1.15 bits per heavy atom. The highest BCUT2D eigenvalue weighted by molar-refractivity contribution is 7.09. The second-order valence-corrected chi connectivity index (χ2v) is 10.3. The van der Waals surface area contributed by atoms with E-state index >= 15 is 0 Å². The van der Waals surface area contributed by atoms with Gasteiger partial charge in [0.25, 0.3) is 5.91 Å². The molecule has 1 fully saturated rings. The summed E-state index contributed by atoms with van der Waals surface area (Å²) in [5, 5.41) is 11.7. The van der Waals surface area contributed by atoms with Crippen LogP contribution in [0, 0.1) is 11.3 Å². The van der Waals surface area contributed by atoms with E-state index in [1.165, 1.54) is 11.3 Å². The Morgan fingerprint density at radius 2 is 1.92 bits per heavy atom. The maximum absolute atomic E-state index is 13.2. The van der Waals surface area contributed by atoms with Crippen molar-refractivity contribution < 1.29 is 19.1 Å². The number of aromatic nitrogens is 2. The van der Waals surface area contributed by atoms with Gasteiger partial charge < -0.3 is 14.5 Å². The molecule has 0 radical (unpaired) electrons. The molecule has 0 aliphatic carbocycles. The lowest BCUT2D eigenvalue weighted by Gasteiger charge is -2.31. The van der Waals surface area contributed by atoms with Gasteiger partial charge in [0.1, 0.15) is 11.4 Å². The SMILES string of the molecule is COc1ccc(C(=O)CCC(=O)N2CCC(c3nc(C(=O)N(CCC#N)Cc4cccnc4)cs3)CC2)cc1. The number of pyridine rings is 1. The van der Waals surface area contributed by atoms with Crippen molar-refractivity contribution in [2.45, 2.75) is 44.6 Å². The van der Waals surface area contributed by atoms with Crippen molar-refractivity contribution in [2.24, 2.45) is 0 Å². The maximum atomic E-state index is 13.2. The van der Waals surface area contributed by atoms with Gasteiger partial charge in [0.15, 0.2) is 5.78 Å². The van der Waals surface area contributed by atoms with Crippen LogP contribution in [0.15, 0.2) is 54.2 Å². The summed E-state index contributed by atoms with van der Waals surface area (Å²) in [5.74, 6) is 0.573. The Balaban J connectivity index is 1.28. The van der Waals surface area contributed by atoms with Gasteiger partial charge in [-0.1, -0.05) is 6.07 Å². The highest BCUT2D eigenvalue weighted by Crippen LogP contribution is 2.31. The van der Waals surface area contributed by atoms with Crippen molar-refractivity contribution in [1.29, 1.82) is 5.26 Å². The highest BCUT2D eigenvalue weighted by Gasteiger charge is 2.27. The number of rotatable bonds is 11. The van der Waals surface area contributed by atoms with Crippen LogP contribution in [0.2, 0.25) is 0 Å². The minimum Gasteiger partial charge on any atom is -0.497 e. The molecule has 1 aliphatic heterocycles. The van der Waals surface area contributed by atoms with Crippen molar-refractivity contribution >= 4 is 28.9 Å². The molecule has 4 rings (SSSR count). The number of hydrogen-bond donors (Lipinski definition) is 0. The van der Waals surface area contributed by atoms with E-state index in [4.69, 9.17) is 10.00 Å². The molecule has 0 atom stereocenters. The minimum atomic E-state index is -0.203. The van der Waals surface area contributed by atoms with Crippen LogP contribution in [0.25, 0.3) is 0 Å². The number of piperidine rings is 1. The van der Waals surface area contributed by atoms with E-state index < -0.39 is 0 Å². The van der Waals surface area contributed by atoms with Gasteiger partial charge in [-0.2, -0.15) is 5.26 Å². The monoisotopic (exact) mass is 545 g/mol. The van der Waals surface area contributed by atoms with E-state index in [-0.39, 0.29) is 42.8 Å². The molecule has 0 saturated carbocycles. The zero-order valence-electron chi connectivity index (χ0n) is 21.9. The summed E-state index contributed by atoms with van der Waals surface area (Å²) >= 11 is 1.46. The van der Waals surface area contributed by atoms with Crippen LogP contribution in [0.4, 0.5) is 0 Å². The number of Topliss-reactive ketones (excluding diaryl/α,β-unsaturated/α-hetero) is 1. The Hall–Kier alpha value is -4.10. The van der Waals surface area contributed by atoms with E-state index in [9.17, 15) is 14.4 Å². The molecule has 9 nitrogen and oxygen atoms in total. The average molecular weight is 546 g/mol. The number of ether oxygens (including phenoxy) is 1. The highest BCUT2D eigenvalue weighted by atomic mass is 32.1. The lowest BCUT2D eigenvalue weighted by Crippen LogP contribution is -2.38. The van der Waals surface area contributed by atoms with Crippen molar-refractivity contribution in [3.05, 3.63) is 76.0 Å². The Morgan fingerprint density at radius 3 is 2.59 bits per heavy atom. The molecular formula is C29H31N5O4S. The number of nitriles is 1. The number of hydrogen-bond acceptors (Lipinski definition) is 8. The molecule has 39 heavy (non-hydrogen) atoms. The topological polar surface area (TPSA) is 116 Å². The van der Waals surface area contributed by atoms with Gasteiger partial charge in [-0.05, 0) is 48.7 Å². The summed E-state index contributed by atoms with van der Waals surface area (Å²) in [6, 6.07) is 12.7. The third-order valence-electron chi connectivity index (χ3n) is 6.79. The van der Waals surface area contributed by atoms with Crippen LogP contribution in [0.5, 0.6) is 5.75 Å². The summed E-state index contributed by atoms with van der Waals surface area (Å²) in [4.78, 5) is 50.6. The maximum Gasteiger partial charge on any atom is 0.273 e. The quantitative estimate of drug-likeness (QED) is 0.326. The molecule has 2 amide bonds. The molecule has 1 aliphatic rings. The first-order chi connectivity index (χ1) is 19.0. The van der Waals surface area contributed by atoms with Crippen LogP contribution in [0.1, 0.15) is 69.4 Å². The molecular weight excluding hydrogens is 514 g/mol. The van der Waals surface area contributed by atoms with Gasteiger partial charge in [0, 0.05) is 68.3 Å². The largest absolute Gasteiger partial charge is 0.497 e. The average Bonchev–Trinajstić information content (AvgIpc) is 3.48. The normalized spacial score (nSPS) is 13.5. The number of ketones is 1. The predicted octanol–water partition coefficient (Wildman–Crippen LogP) is 4.47. The second kappa shape index (κ2) is 13.6. The Kier molecular flexibility index (Phi) is 9.75. The zero-order chi connectivity index (χ0) is 27.6. The number of carbonyl (C=O) groups excluding carboxylic acids is 3. The van der Waals surface area contributed by atoms with Crippen LogP contribution >= 0.6 is 11.3 Å². The van der Waals surface area contributed by atoms with Gasteiger partial charge in [-0.3, -0.25) is 19.4 Å². The van der Waals surface area contributed by atoms with Crippen LogP contribution in [-0.4, -0.2) is 64.1 Å². The molecule has 1 saturated heterocycles. The van der Waals surface area contributed by atoms with E-state index in [2.05, 4.69) is 16.0 Å². The third-order valence-corrected chi connectivity index (χ3v) is 7.80. The number of nitrogens with zero attached hydrogens (tertiary/aromatic N) is 5.